The van der Waals surface area contributed by atoms with Gasteiger partial charge in [-0.1, -0.05) is 24.3 Å². The number of nitrogens with zero attached hydrogens (tertiary/aromatic N) is 1. The standard InChI is InChI=1S/C19H24N2O2/c1-19(2,3)23-18(22)21(5)17-12-8-15(9-13-17)14-6-10-16(20-4)11-7-14/h6-13,20H,1-5H3. The maximum Gasteiger partial charge on any atom is 0.414 e. The second-order valence-corrected chi connectivity index (χ2v) is 6.41. The summed E-state index contributed by atoms with van der Waals surface area (Å²) in [6.45, 7) is 5.57. The van der Waals surface area contributed by atoms with Crippen LogP contribution in [-0.4, -0.2) is 25.8 Å². The summed E-state index contributed by atoms with van der Waals surface area (Å²) in [5, 5.41) is 3.10. The van der Waals surface area contributed by atoms with Gasteiger partial charge in [-0.05, 0) is 56.2 Å². The zero-order chi connectivity index (χ0) is 17.0. The van der Waals surface area contributed by atoms with Crippen molar-refractivity contribution in [3.8, 4) is 11.1 Å². The number of amides is 1. The van der Waals surface area contributed by atoms with E-state index in [2.05, 4.69) is 17.4 Å². The fraction of sp³-hybridized carbons (Fsp3) is 0.316. The maximum absolute atomic E-state index is 12.1. The van der Waals surface area contributed by atoms with Gasteiger partial charge in [0, 0.05) is 25.5 Å². The summed E-state index contributed by atoms with van der Waals surface area (Å²) in [6, 6.07) is 16.1. The van der Waals surface area contributed by atoms with Crippen molar-refractivity contribution in [3.05, 3.63) is 48.5 Å². The monoisotopic (exact) mass is 312 g/mol. The molecular formula is C19H24N2O2. The molecule has 0 unspecified atom stereocenters. The van der Waals surface area contributed by atoms with Gasteiger partial charge in [-0.3, -0.25) is 4.90 Å². The highest BCUT2D eigenvalue weighted by Gasteiger charge is 2.20. The molecule has 2 rings (SSSR count). The van der Waals surface area contributed by atoms with Gasteiger partial charge in [0.2, 0.25) is 0 Å². The van der Waals surface area contributed by atoms with Crippen LogP contribution >= 0.6 is 0 Å². The van der Waals surface area contributed by atoms with Gasteiger partial charge in [0.05, 0.1) is 0 Å². The molecule has 0 aliphatic carbocycles. The number of rotatable bonds is 3. The Kier molecular flexibility index (Phi) is 4.94. The number of benzene rings is 2. The molecule has 0 aliphatic heterocycles. The van der Waals surface area contributed by atoms with E-state index >= 15 is 0 Å². The van der Waals surface area contributed by atoms with Gasteiger partial charge in [0.1, 0.15) is 5.60 Å². The molecule has 0 heterocycles. The summed E-state index contributed by atoms with van der Waals surface area (Å²) in [7, 11) is 3.61. The van der Waals surface area contributed by atoms with E-state index in [-0.39, 0.29) is 6.09 Å². The minimum absolute atomic E-state index is 0.358. The van der Waals surface area contributed by atoms with Crippen LogP contribution in [0.4, 0.5) is 16.2 Å². The molecule has 0 saturated heterocycles. The zero-order valence-electron chi connectivity index (χ0n) is 14.4. The molecule has 23 heavy (non-hydrogen) atoms. The Hall–Kier alpha value is -2.49. The van der Waals surface area contributed by atoms with Gasteiger partial charge in [0.25, 0.3) is 0 Å². The van der Waals surface area contributed by atoms with Crippen LogP contribution in [0.1, 0.15) is 20.8 Å². The Bertz CT molecular complexity index is 655. The Morgan fingerprint density at radius 1 is 0.957 bits per heavy atom. The van der Waals surface area contributed by atoms with Crippen LogP contribution in [0.25, 0.3) is 11.1 Å². The molecule has 122 valence electrons. The highest BCUT2D eigenvalue weighted by molar-refractivity contribution is 5.87. The second-order valence-electron chi connectivity index (χ2n) is 6.41. The molecule has 1 amide bonds. The van der Waals surface area contributed by atoms with Crippen molar-refractivity contribution in [2.75, 3.05) is 24.3 Å². The number of carbonyl (C=O) groups excluding carboxylic acids is 1. The molecule has 0 atom stereocenters. The Morgan fingerprint density at radius 2 is 1.43 bits per heavy atom. The first-order valence-electron chi connectivity index (χ1n) is 7.65. The van der Waals surface area contributed by atoms with Crippen molar-refractivity contribution in [2.24, 2.45) is 0 Å². The first-order valence-corrected chi connectivity index (χ1v) is 7.65. The topological polar surface area (TPSA) is 41.6 Å². The van der Waals surface area contributed by atoms with E-state index in [9.17, 15) is 4.79 Å². The van der Waals surface area contributed by atoms with E-state index < -0.39 is 5.60 Å². The smallest absolute Gasteiger partial charge is 0.414 e. The molecule has 2 aromatic rings. The van der Waals surface area contributed by atoms with Crippen LogP contribution in [-0.2, 0) is 4.74 Å². The van der Waals surface area contributed by atoms with Crippen molar-refractivity contribution < 1.29 is 9.53 Å². The average Bonchev–Trinajstić information content (AvgIpc) is 2.53. The van der Waals surface area contributed by atoms with Gasteiger partial charge in [0.15, 0.2) is 0 Å². The van der Waals surface area contributed by atoms with Crippen molar-refractivity contribution in [2.45, 2.75) is 26.4 Å². The highest BCUT2D eigenvalue weighted by atomic mass is 16.6. The number of carbonyl (C=O) groups is 1. The van der Waals surface area contributed by atoms with Gasteiger partial charge in [-0.15, -0.1) is 0 Å². The normalized spacial score (nSPS) is 11.0. The molecule has 2 aromatic carbocycles. The molecule has 0 radical (unpaired) electrons. The van der Waals surface area contributed by atoms with E-state index in [0.29, 0.717) is 0 Å². The Balaban J connectivity index is 2.13. The van der Waals surface area contributed by atoms with Gasteiger partial charge in [-0.2, -0.15) is 0 Å². The summed E-state index contributed by atoms with van der Waals surface area (Å²) in [6.07, 6.45) is -0.358. The third kappa shape index (κ3) is 4.49. The Labute approximate surface area is 138 Å². The van der Waals surface area contributed by atoms with E-state index in [1.807, 2.05) is 64.2 Å². The number of hydrogen-bond donors (Lipinski definition) is 1. The van der Waals surface area contributed by atoms with Crippen molar-refractivity contribution in [1.29, 1.82) is 0 Å². The van der Waals surface area contributed by atoms with Crippen molar-refractivity contribution in [1.82, 2.24) is 0 Å². The summed E-state index contributed by atoms with van der Waals surface area (Å²) < 4.78 is 5.37. The molecule has 0 fully saturated rings. The second kappa shape index (κ2) is 6.73. The zero-order valence-corrected chi connectivity index (χ0v) is 14.4. The van der Waals surface area contributed by atoms with Gasteiger partial charge >= 0.3 is 6.09 Å². The van der Waals surface area contributed by atoms with Crippen LogP contribution in [0.15, 0.2) is 48.5 Å². The van der Waals surface area contributed by atoms with E-state index in [1.54, 1.807) is 7.05 Å². The predicted molar refractivity (Wildman–Crippen MR) is 96.1 cm³/mol. The number of hydrogen-bond acceptors (Lipinski definition) is 3. The fourth-order valence-corrected chi connectivity index (χ4v) is 2.14. The minimum atomic E-state index is -0.500. The minimum Gasteiger partial charge on any atom is -0.443 e. The lowest BCUT2D eigenvalue weighted by Gasteiger charge is -2.24. The van der Waals surface area contributed by atoms with Gasteiger partial charge < -0.3 is 10.1 Å². The summed E-state index contributed by atoms with van der Waals surface area (Å²) in [4.78, 5) is 13.6. The predicted octanol–water partition coefficient (Wildman–Crippen LogP) is 4.77. The quantitative estimate of drug-likeness (QED) is 0.888. The van der Waals surface area contributed by atoms with Crippen LogP contribution < -0.4 is 10.2 Å². The highest BCUT2D eigenvalue weighted by Crippen LogP contribution is 2.25. The maximum atomic E-state index is 12.1. The SMILES string of the molecule is CNc1ccc(-c2ccc(N(C)C(=O)OC(C)(C)C)cc2)cc1. The number of nitrogens with one attached hydrogen (secondary N) is 1. The first-order chi connectivity index (χ1) is 10.8. The molecule has 0 aromatic heterocycles. The number of ether oxygens (including phenoxy) is 1. The summed E-state index contributed by atoms with van der Waals surface area (Å²) >= 11 is 0. The third-order valence-corrected chi connectivity index (χ3v) is 3.43. The van der Waals surface area contributed by atoms with E-state index in [1.165, 1.54) is 4.90 Å². The molecule has 4 nitrogen and oxygen atoms in total. The molecular weight excluding hydrogens is 288 g/mol. The number of anilines is 2. The molecule has 0 spiro atoms. The fourth-order valence-electron chi connectivity index (χ4n) is 2.14. The molecule has 0 bridgehead atoms. The molecule has 0 aliphatic rings. The lowest BCUT2D eigenvalue weighted by Crippen LogP contribution is -2.34. The summed E-state index contributed by atoms with van der Waals surface area (Å²) in [5.74, 6) is 0. The summed E-state index contributed by atoms with van der Waals surface area (Å²) in [5.41, 5.74) is 3.62. The van der Waals surface area contributed by atoms with Crippen LogP contribution in [0.2, 0.25) is 0 Å². The van der Waals surface area contributed by atoms with Crippen molar-refractivity contribution >= 4 is 17.5 Å². The first kappa shape index (κ1) is 16.9. The lowest BCUT2D eigenvalue weighted by molar-refractivity contribution is 0.0589. The molecule has 0 saturated carbocycles. The average molecular weight is 312 g/mol. The van der Waals surface area contributed by atoms with Crippen molar-refractivity contribution in [3.63, 3.8) is 0 Å². The third-order valence-electron chi connectivity index (χ3n) is 3.43. The van der Waals surface area contributed by atoms with E-state index in [0.717, 1.165) is 22.5 Å². The van der Waals surface area contributed by atoms with Crippen LogP contribution in [0, 0.1) is 0 Å². The molecule has 1 N–H and O–H groups in total. The largest absolute Gasteiger partial charge is 0.443 e. The van der Waals surface area contributed by atoms with Crippen LogP contribution in [0.3, 0.4) is 0 Å². The molecule has 4 heteroatoms. The Morgan fingerprint density at radius 3 is 1.87 bits per heavy atom. The van der Waals surface area contributed by atoms with E-state index in [4.69, 9.17) is 4.74 Å². The van der Waals surface area contributed by atoms with Gasteiger partial charge in [-0.25, -0.2) is 4.79 Å². The lowest BCUT2D eigenvalue weighted by atomic mass is 10.0. The van der Waals surface area contributed by atoms with Crippen LogP contribution in [0.5, 0.6) is 0 Å².